The summed E-state index contributed by atoms with van der Waals surface area (Å²) in [6.07, 6.45) is 0.541. The van der Waals surface area contributed by atoms with Crippen LogP contribution in [0.5, 0.6) is 0 Å². The molecule has 0 unspecified atom stereocenters. The second-order valence-corrected chi connectivity index (χ2v) is 8.68. The van der Waals surface area contributed by atoms with Crippen molar-refractivity contribution in [3.8, 4) is 0 Å². The molecular weight excluding hydrogens is 342 g/mol. The van der Waals surface area contributed by atoms with Gasteiger partial charge in [0.2, 0.25) is 15.9 Å². The van der Waals surface area contributed by atoms with Gasteiger partial charge in [-0.2, -0.15) is 0 Å². The van der Waals surface area contributed by atoms with Crippen molar-refractivity contribution >= 4 is 27.5 Å². The molecule has 2 amide bonds. The van der Waals surface area contributed by atoms with Gasteiger partial charge in [0.25, 0.3) is 5.91 Å². The third-order valence-corrected chi connectivity index (χ3v) is 4.88. The summed E-state index contributed by atoms with van der Waals surface area (Å²) < 4.78 is 25.4. The van der Waals surface area contributed by atoms with E-state index in [1.54, 1.807) is 31.2 Å². The minimum absolute atomic E-state index is 0.0721. The fourth-order valence-electron chi connectivity index (χ4n) is 1.85. The lowest BCUT2D eigenvalue weighted by molar-refractivity contribution is -0.123. The highest BCUT2D eigenvalue weighted by Crippen LogP contribution is 2.17. The highest BCUT2D eigenvalue weighted by atomic mass is 32.2. The van der Waals surface area contributed by atoms with E-state index in [9.17, 15) is 18.0 Å². The van der Waals surface area contributed by atoms with Crippen LogP contribution in [0.15, 0.2) is 24.3 Å². The number of carbonyl (C=O) groups excluding carboxylic acids is 2. The number of hydrogen-bond acceptors (Lipinski definition) is 4. The summed E-state index contributed by atoms with van der Waals surface area (Å²) in [5.74, 6) is -0.338. The molecule has 0 saturated carbocycles. The number of amides is 2. The standard InChI is InChI=1S/C17H27N3O4S/c1-5-12-25(23,24)19-11-10-18-15(21)13-6-8-14(9-7-13)20-16(22)17(2,3)4/h6-9,19H,5,10-12H2,1-4H3,(H,18,21)(H,20,22). The minimum atomic E-state index is -3.27. The van der Waals surface area contributed by atoms with Crippen LogP contribution in [-0.2, 0) is 14.8 Å². The summed E-state index contributed by atoms with van der Waals surface area (Å²) in [5, 5.41) is 5.43. The van der Waals surface area contributed by atoms with Crippen molar-refractivity contribution < 1.29 is 18.0 Å². The van der Waals surface area contributed by atoms with E-state index in [0.29, 0.717) is 17.7 Å². The predicted molar refractivity (Wildman–Crippen MR) is 98.9 cm³/mol. The maximum Gasteiger partial charge on any atom is 0.251 e. The van der Waals surface area contributed by atoms with Crippen LogP contribution in [0.25, 0.3) is 0 Å². The van der Waals surface area contributed by atoms with E-state index in [1.807, 2.05) is 20.8 Å². The lowest BCUT2D eigenvalue weighted by Crippen LogP contribution is -2.35. The van der Waals surface area contributed by atoms with Crippen molar-refractivity contribution in [2.75, 3.05) is 24.2 Å². The largest absolute Gasteiger partial charge is 0.351 e. The third-order valence-electron chi connectivity index (χ3n) is 3.29. The van der Waals surface area contributed by atoms with Crippen LogP contribution < -0.4 is 15.4 Å². The van der Waals surface area contributed by atoms with Gasteiger partial charge in [0.05, 0.1) is 5.75 Å². The predicted octanol–water partition coefficient (Wildman–Crippen LogP) is 1.73. The van der Waals surface area contributed by atoms with E-state index >= 15 is 0 Å². The SMILES string of the molecule is CCCS(=O)(=O)NCCNC(=O)c1ccc(NC(=O)C(C)(C)C)cc1. The second-order valence-electron chi connectivity index (χ2n) is 6.75. The van der Waals surface area contributed by atoms with Gasteiger partial charge in [-0.05, 0) is 30.7 Å². The molecule has 140 valence electrons. The lowest BCUT2D eigenvalue weighted by Gasteiger charge is -2.17. The zero-order valence-corrected chi connectivity index (χ0v) is 16.0. The van der Waals surface area contributed by atoms with E-state index in [4.69, 9.17) is 0 Å². The van der Waals surface area contributed by atoms with Crippen molar-refractivity contribution in [3.05, 3.63) is 29.8 Å². The third kappa shape index (κ3) is 7.66. The van der Waals surface area contributed by atoms with Crippen molar-refractivity contribution in [1.82, 2.24) is 10.0 Å². The van der Waals surface area contributed by atoms with E-state index < -0.39 is 15.4 Å². The van der Waals surface area contributed by atoms with Crippen molar-refractivity contribution in [2.45, 2.75) is 34.1 Å². The Morgan fingerprint density at radius 3 is 2.16 bits per heavy atom. The molecule has 1 aromatic carbocycles. The topological polar surface area (TPSA) is 104 Å². The van der Waals surface area contributed by atoms with Crippen LogP contribution in [0.2, 0.25) is 0 Å². The van der Waals surface area contributed by atoms with E-state index in [0.717, 1.165) is 0 Å². The fourth-order valence-corrected chi connectivity index (χ4v) is 2.94. The number of sulfonamides is 1. The Morgan fingerprint density at radius 2 is 1.64 bits per heavy atom. The van der Waals surface area contributed by atoms with E-state index in [-0.39, 0.29) is 30.7 Å². The Labute approximate surface area is 149 Å². The summed E-state index contributed by atoms with van der Waals surface area (Å²) >= 11 is 0. The number of nitrogens with one attached hydrogen (secondary N) is 3. The number of hydrogen-bond donors (Lipinski definition) is 3. The molecule has 0 radical (unpaired) electrons. The smallest absolute Gasteiger partial charge is 0.251 e. The first kappa shape index (κ1) is 21.1. The van der Waals surface area contributed by atoms with Crippen molar-refractivity contribution in [1.29, 1.82) is 0 Å². The summed E-state index contributed by atoms with van der Waals surface area (Å²) in [5.41, 5.74) is 0.551. The Morgan fingerprint density at radius 1 is 1.04 bits per heavy atom. The minimum Gasteiger partial charge on any atom is -0.351 e. The van der Waals surface area contributed by atoms with Gasteiger partial charge in [-0.15, -0.1) is 0 Å². The molecule has 1 rings (SSSR count). The van der Waals surface area contributed by atoms with Gasteiger partial charge in [-0.3, -0.25) is 9.59 Å². The molecule has 0 heterocycles. The highest BCUT2D eigenvalue weighted by Gasteiger charge is 2.21. The van der Waals surface area contributed by atoms with Gasteiger partial charge in [0.1, 0.15) is 0 Å². The van der Waals surface area contributed by atoms with Crippen molar-refractivity contribution in [2.24, 2.45) is 5.41 Å². The number of benzene rings is 1. The first-order valence-corrected chi connectivity index (χ1v) is 9.87. The maximum absolute atomic E-state index is 12.0. The van der Waals surface area contributed by atoms with Crippen LogP contribution in [0.3, 0.4) is 0 Å². The summed E-state index contributed by atoms with van der Waals surface area (Å²) in [7, 11) is -3.27. The van der Waals surface area contributed by atoms with Crippen LogP contribution in [0.1, 0.15) is 44.5 Å². The van der Waals surface area contributed by atoms with Gasteiger partial charge < -0.3 is 10.6 Å². The summed E-state index contributed by atoms with van der Waals surface area (Å²) in [6, 6.07) is 6.52. The molecule has 0 aliphatic heterocycles. The van der Waals surface area contributed by atoms with Crippen molar-refractivity contribution in [3.63, 3.8) is 0 Å². The first-order chi connectivity index (χ1) is 11.5. The van der Waals surface area contributed by atoms with Gasteiger partial charge >= 0.3 is 0 Å². The normalized spacial score (nSPS) is 11.8. The average molecular weight is 369 g/mol. The first-order valence-electron chi connectivity index (χ1n) is 8.22. The van der Waals surface area contributed by atoms with Gasteiger partial charge in [0, 0.05) is 29.8 Å². The number of carbonyl (C=O) groups is 2. The molecule has 8 heteroatoms. The maximum atomic E-state index is 12.0. The highest BCUT2D eigenvalue weighted by molar-refractivity contribution is 7.89. The monoisotopic (exact) mass is 369 g/mol. The molecule has 0 aliphatic rings. The molecule has 0 aliphatic carbocycles. The zero-order chi connectivity index (χ0) is 19.1. The van der Waals surface area contributed by atoms with Crippen LogP contribution in [0, 0.1) is 5.41 Å². The number of rotatable bonds is 8. The lowest BCUT2D eigenvalue weighted by atomic mass is 9.95. The molecule has 0 bridgehead atoms. The quantitative estimate of drug-likeness (QED) is 0.607. The molecule has 0 fully saturated rings. The Hall–Kier alpha value is -1.93. The molecule has 1 aromatic rings. The fraction of sp³-hybridized carbons (Fsp3) is 0.529. The molecule has 0 aromatic heterocycles. The number of anilines is 1. The molecule has 0 saturated heterocycles. The van der Waals surface area contributed by atoms with E-state index in [2.05, 4.69) is 15.4 Å². The summed E-state index contributed by atoms with van der Waals surface area (Å²) in [6.45, 7) is 7.59. The zero-order valence-electron chi connectivity index (χ0n) is 15.2. The molecule has 0 atom stereocenters. The van der Waals surface area contributed by atoms with Crippen LogP contribution in [-0.4, -0.2) is 39.1 Å². The average Bonchev–Trinajstić information content (AvgIpc) is 2.51. The molecule has 7 nitrogen and oxygen atoms in total. The molecule has 25 heavy (non-hydrogen) atoms. The van der Waals surface area contributed by atoms with Gasteiger partial charge in [-0.1, -0.05) is 27.7 Å². The van der Waals surface area contributed by atoms with Gasteiger partial charge in [0.15, 0.2) is 0 Å². The van der Waals surface area contributed by atoms with Crippen LogP contribution in [0.4, 0.5) is 5.69 Å². The second kappa shape index (κ2) is 8.96. The van der Waals surface area contributed by atoms with Gasteiger partial charge in [-0.25, -0.2) is 13.1 Å². The molecular formula is C17H27N3O4S. The molecule has 0 spiro atoms. The Bertz CT molecular complexity index is 692. The van der Waals surface area contributed by atoms with Crippen LogP contribution >= 0.6 is 0 Å². The Balaban J connectivity index is 2.48. The summed E-state index contributed by atoms with van der Waals surface area (Å²) in [4.78, 5) is 23.9. The Kier molecular flexibility index (Phi) is 7.57. The molecule has 3 N–H and O–H groups in total. The van der Waals surface area contributed by atoms with E-state index in [1.165, 1.54) is 0 Å².